The van der Waals surface area contributed by atoms with Crippen molar-refractivity contribution in [3.8, 4) is 5.75 Å². The third-order valence-electron chi connectivity index (χ3n) is 5.44. The number of ether oxygens (including phenoxy) is 1. The molecule has 0 bridgehead atoms. The molecule has 1 saturated heterocycles. The van der Waals surface area contributed by atoms with Gasteiger partial charge in [0.05, 0.1) is 23.4 Å². The number of pyridine rings is 1. The summed E-state index contributed by atoms with van der Waals surface area (Å²) in [5.74, 6) is -1.91. The van der Waals surface area contributed by atoms with Crippen LogP contribution in [0.5, 0.6) is 5.75 Å². The second-order valence-corrected chi connectivity index (χ2v) is 8.37. The summed E-state index contributed by atoms with van der Waals surface area (Å²) < 4.78 is 8.01. The molecule has 2 aliphatic heterocycles. The summed E-state index contributed by atoms with van der Waals surface area (Å²) >= 11 is 1.28. The molecule has 1 aromatic carbocycles. The molecule has 1 unspecified atom stereocenters. The topological polar surface area (TPSA) is 114 Å². The average Bonchev–Trinajstić information content (AvgIpc) is 3.12. The number of benzene rings is 1. The van der Waals surface area contributed by atoms with Gasteiger partial charge < -0.3 is 19.3 Å². The number of thiazole rings is 1. The van der Waals surface area contributed by atoms with Crippen LogP contribution in [-0.4, -0.2) is 50.2 Å². The van der Waals surface area contributed by atoms with Gasteiger partial charge in [0.2, 0.25) is 5.43 Å². The summed E-state index contributed by atoms with van der Waals surface area (Å²) in [5, 5.41) is 13.4. The van der Waals surface area contributed by atoms with Gasteiger partial charge in [0, 0.05) is 12.2 Å². The molecule has 0 spiro atoms. The molecule has 2 aromatic heterocycles. The van der Waals surface area contributed by atoms with Gasteiger partial charge in [-0.05, 0) is 25.5 Å². The van der Waals surface area contributed by atoms with Crippen LogP contribution in [0.1, 0.15) is 34.2 Å². The number of aromatic hydroxyl groups is 1. The minimum absolute atomic E-state index is 0.0680. The van der Waals surface area contributed by atoms with E-state index in [4.69, 9.17) is 4.74 Å². The molecule has 2 atom stereocenters. The van der Waals surface area contributed by atoms with Gasteiger partial charge in [0.25, 0.3) is 11.8 Å². The first-order valence-corrected chi connectivity index (χ1v) is 10.3. The number of hydrogen-bond acceptors (Lipinski definition) is 7. The molecule has 0 radical (unpaired) electrons. The van der Waals surface area contributed by atoms with E-state index in [0.717, 1.165) is 10.2 Å². The van der Waals surface area contributed by atoms with Crippen LogP contribution in [0.25, 0.3) is 10.2 Å². The predicted octanol–water partition coefficient (Wildman–Crippen LogP) is 2.01. The van der Waals surface area contributed by atoms with Crippen LogP contribution in [0, 0.1) is 0 Å². The first-order chi connectivity index (χ1) is 14.4. The standard InChI is InChI=1S/C20H18N4O5S/c1-10-6-7-29-14-9-23-8-11(16(25)17(26)15(23)19(28)24(10)14)18(27)22-20-21-12-4-2-3-5-13(12)30-20/h2-5,8,10,14,26H,6-7,9H2,1H3,(H,21,22,27)/t10-,14?/m1/s1. The molecule has 5 rings (SSSR count). The van der Waals surface area contributed by atoms with Gasteiger partial charge in [-0.15, -0.1) is 0 Å². The Morgan fingerprint density at radius 2 is 2.13 bits per heavy atom. The number of rotatable bonds is 2. The maximum absolute atomic E-state index is 12.9. The van der Waals surface area contributed by atoms with Crippen molar-refractivity contribution in [1.29, 1.82) is 0 Å². The van der Waals surface area contributed by atoms with Crippen molar-refractivity contribution in [1.82, 2.24) is 14.5 Å². The smallest absolute Gasteiger partial charge is 0.276 e. The molecule has 1 fully saturated rings. The molecule has 0 aliphatic carbocycles. The van der Waals surface area contributed by atoms with Crippen molar-refractivity contribution in [3.05, 3.63) is 51.9 Å². The summed E-state index contributed by atoms with van der Waals surface area (Å²) in [6.07, 6.45) is 1.48. The van der Waals surface area contributed by atoms with E-state index in [2.05, 4.69) is 10.3 Å². The van der Waals surface area contributed by atoms with E-state index < -0.39 is 29.2 Å². The Balaban J connectivity index is 1.51. The van der Waals surface area contributed by atoms with Gasteiger partial charge in [-0.1, -0.05) is 23.5 Å². The summed E-state index contributed by atoms with van der Waals surface area (Å²) in [4.78, 5) is 44.2. The van der Waals surface area contributed by atoms with Gasteiger partial charge in [-0.3, -0.25) is 19.7 Å². The van der Waals surface area contributed by atoms with E-state index in [9.17, 15) is 19.5 Å². The number of aromatic nitrogens is 2. The lowest BCUT2D eigenvalue weighted by Gasteiger charge is -2.44. The summed E-state index contributed by atoms with van der Waals surface area (Å²) in [5.41, 5.74) is -0.542. The minimum Gasteiger partial charge on any atom is -0.503 e. The fourth-order valence-corrected chi connectivity index (χ4v) is 4.77. The fourth-order valence-electron chi connectivity index (χ4n) is 3.91. The Labute approximate surface area is 174 Å². The van der Waals surface area contributed by atoms with Gasteiger partial charge in [0.1, 0.15) is 5.56 Å². The third kappa shape index (κ3) is 2.87. The molecule has 10 heteroatoms. The van der Waals surface area contributed by atoms with E-state index in [-0.39, 0.29) is 23.8 Å². The fraction of sp³-hybridized carbons (Fsp3) is 0.300. The van der Waals surface area contributed by atoms with Gasteiger partial charge in [-0.2, -0.15) is 0 Å². The van der Waals surface area contributed by atoms with Gasteiger partial charge in [0.15, 0.2) is 22.8 Å². The SMILES string of the molecule is C[C@@H]1CCOC2Cn3cc(C(=O)Nc4nc5ccccc5s4)c(=O)c(O)c3C(=O)N21. The Kier molecular flexibility index (Phi) is 4.33. The van der Waals surface area contributed by atoms with Crippen LogP contribution >= 0.6 is 11.3 Å². The van der Waals surface area contributed by atoms with Crippen LogP contribution in [0.2, 0.25) is 0 Å². The number of carbonyl (C=O) groups excluding carboxylic acids is 2. The maximum atomic E-state index is 12.9. The lowest BCUT2D eigenvalue weighted by molar-refractivity contribution is -0.112. The van der Waals surface area contributed by atoms with Crippen LogP contribution in [0.15, 0.2) is 35.3 Å². The van der Waals surface area contributed by atoms with Crippen molar-refractivity contribution < 1.29 is 19.4 Å². The van der Waals surface area contributed by atoms with E-state index in [0.29, 0.717) is 18.2 Å². The number of carbonyl (C=O) groups is 2. The second-order valence-electron chi connectivity index (χ2n) is 7.34. The van der Waals surface area contributed by atoms with Crippen molar-refractivity contribution in [2.45, 2.75) is 32.2 Å². The molecule has 3 aromatic rings. The molecular formula is C20H18N4O5S. The van der Waals surface area contributed by atoms with Crippen molar-refractivity contribution in [3.63, 3.8) is 0 Å². The zero-order valence-electron chi connectivity index (χ0n) is 16.0. The summed E-state index contributed by atoms with van der Waals surface area (Å²) in [7, 11) is 0. The first kappa shape index (κ1) is 18.8. The van der Waals surface area contributed by atoms with Crippen LogP contribution in [0.4, 0.5) is 5.13 Å². The predicted molar refractivity (Wildman–Crippen MR) is 110 cm³/mol. The highest BCUT2D eigenvalue weighted by Gasteiger charge is 2.41. The number of para-hydroxylation sites is 1. The highest BCUT2D eigenvalue weighted by Crippen LogP contribution is 2.30. The third-order valence-corrected chi connectivity index (χ3v) is 6.39. The number of anilines is 1. The van der Waals surface area contributed by atoms with Crippen LogP contribution in [0.3, 0.4) is 0 Å². The van der Waals surface area contributed by atoms with Gasteiger partial charge >= 0.3 is 0 Å². The number of hydrogen-bond donors (Lipinski definition) is 2. The Morgan fingerprint density at radius 1 is 1.33 bits per heavy atom. The molecule has 0 saturated carbocycles. The van der Waals surface area contributed by atoms with Gasteiger partial charge in [-0.25, -0.2) is 4.98 Å². The molecule has 30 heavy (non-hydrogen) atoms. The molecule has 2 N–H and O–H groups in total. The Hall–Kier alpha value is -3.24. The van der Waals surface area contributed by atoms with Crippen molar-refractivity contribution >= 4 is 38.5 Å². The quantitative estimate of drug-likeness (QED) is 0.648. The minimum atomic E-state index is -0.891. The molecular weight excluding hydrogens is 408 g/mol. The van der Waals surface area contributed by atoms with E-state index in [1.54, 1.807) is 4.90 Å². The molecule has 4 heterocycles. The molecule has 2 aliphatic rings. The average molecular weight is 426 g/mol. The number of nitrogens with one attached hydrogen (secondary N) is 1. The number of nitrogens with zero attached hydrogens (tertiary/aromatic N) is 3. The highest BCUT2D eigenvalue weighted by atomic mass is 32.1. The van der Waals surface area contributed by atoms with Crippen molar-refractivity contribution in [2.75, 3.05) is 11.9 Å². The monoisotopic (exact) mass is 426 g/mol. The van der Waals surface area contributed by atoms with Crippen LogP contribution < -0.4 is 10.7 Å². The summed E-state index contributed by atoms with van der Waals surface area (Å²) in [6, 6.07) is 7.35. The second kappa shape index (κ2) is 6.92. The summed E-state index contributed by atoms with van der Waals surface area (Å²) in [6.45, 7) is 2.64. The van der Waals surface area contributed by atoms with E-state index >= 15 is 0 Å². The van der Waals surface area contributed by atoms with E-state index in [1.807, 2.05) is 31.2 Å². The lowest BCUT2D eigenvalue weighted by atomic mass is 10.1. The largest absolute Gasteiger partial charge is 0.503 e. The number of amides is 2. The first-order valence-electron chi connectivity index (χ1n) is 9.51. The zero-order chi connectivity index (χ0) is 21.0. The highest BCUT2D eigenvalue weighted by molar-refractivity contribution is 7.22. The Bertz CT molecular complexity index is 1220. The number of fused-ring (bicyclic) bond motifs is 3. The normalized spacial score (nSPS) is 20.7. The van der Waals surface area contributed by atoms with Crippen LogP contribution in [-0.2, 0) is 11.3 Å². The Morgan fingerprint density at radius 3 is 2.93 bits per heavy atom. The van der Waals surface area contributed by atoms with Crippen molar-refractivity contribution in [2.24, 2.45) is 0 Å². The lowest BCUT2D eigenvalue weighted by Crippen LogP contribution is -2.57. The zero-order valence-corrected chi connectivity index (χ0v) is 16.8. The molecule has 154 valence electrons. The van der Waals surface area contributed by atoms with E-state index in [1.165, 1.54) is 22.1 Å². The maximum Gasteiger partial charge on any atom is 0.276 e. The molecule has 2 amide bonds. The molecule has 9 nitrogen and oxygen atoms in total.